The Kier molecular flexibility index (Phi) is 8.44. The van der Waals surface area contributed by atoms with Crippen molar-refractivity contribution in [1.29, 1.82) is 0 Å². The van der Waals surface area contributed by atoms with Gasteiger partial charge in [0.15, 0.2) is 0 Å². The van der Waals surface area contributed by atoms with E-state index in [1.54, 1.807) is 55.6 Å². The number of methoxy groups -OCH3 is 2. The molecule has 10 heteroatoms. The first-order chi connectivity index (χ1) is 16.4. The van der Waals surface area contributed by atoms with Crippen molar-refractivity contribution in [2.45, 2.75) is 31.7 Å². The number of rotatable bonds is 11. The minimum atomic E-state index is -0.853. The minimum Gasteiger partial charge on any atom is -0.497 e. The normalized spacial score (nSPS) is 15.2. The number of urea groups is 1. The molecule has 34 heavy (non-hydrogen) atoms. The summed E-state index contributed by atoms with van der Waals surface area (Å²) in [6.07, 6.45) is 2.41. The zero-order valence-electron chi connectivity index (χ0n) is 19.1. The molecule has 0 saturated carbocycles. The maximum atomic E-state index is 12.2. The molecule has 1 atom stereocenters. The third-order valence-electron chi connectivity index (χ3n) is 5.51. The van der Waals surface area contributed by atoms with Gasteiger partial charge in [-0.25, -0.2) is 4.79 Å². The average molecular weight is 469 g/mol. The number of benzene rings is 2. The van der Waals surface area contributed by atoms with Gasteiger partial charge in [0.1, 0.15) is 17.5 Å². The summed E-state index contributed by atoms with van der Waals surface area (Å²) in [5, 5.41) is 19.9. The maximum Gasteiger partial charge on any atom is 0.320 e. The number of hydrogen-bond acceptors (Lipinski definition) is 6. The van der Waals surface area contributed by atoms with Crippen molar-refractivity contribution in [3.05, 3.63) is 81.2 Å². The highest BCUT2D eigenvalue weighted by atomic mass is 16.6. The van der Waals surface area contributed by atoms with Crippen LogP contribution in [0.15, 0.2) is 59.9 Å². The summed E-state index contributed by atoms with van der Waals surface area (Å²) in [4.78, 5) is 35.8. The molecule has 0 saturated heterocycles. The van der Waals surface area contributed by atoms with E-state index in [1.807, 2.05) is 0 Å². The van der Waals surface area contributed by atoms with Crippen LogP contribution in [0.4, 0.5) is 4.79 Å². The lowest BCUT2D eigenvalue weighted by Gasteiger charge is -2.25. The van der Waals surface area contributed by atoms with Gasteiger partial charge in [0, 0.05) is 12.1 Å². The average Bonchev–Trinajstić information content (AvgIpc) is 2.85. The summed E-state index contributed by atoms with van der Waals surface area (Å²) in [7, 11) is 3.10. The van der Waals surface area contributed by atoms with Crippen LogP contribution in [-0.4, -0.2) is 37.6 Å². The molecule has 1 unspecified atom stereocenters. The second-order valence-electron chi connectivity index (χ2n) is 7.72. The van der Waals surface area contributed by atoms with Gasteiger partial charge in [0.2, 0.25) is 0 Å². The second kappa shape index (κ2) is 11.7. The molecule has 1 aliphatic rings. The fraction of sp³-hybridized carbons (Fsp3) is 0.333. The number of allylic oxidation sites excluding steroid dienone is 1. The molecule has 180 valence electrons. The summed E-state index contributed by atoms with van der Waals surface area (Å²) in [6.45, 7) is 0.481. The molecule has 0 fully saturated rings. The highest BCUT2D eigenvalue weighted by Crippen LogP contribution is 2.30. The van der Waals surface area contributed by atoms with E-state index in [4.69, 9.17) is 9.47 Å². The van der Waals surface area contributed by atoms with Crippen LogP contribution >= 0.6 is 0 Å². The van der Waals surface area contributed by atoms with Crippen LogP contribution in [0.1, 0.15) is 47.6 Å². The van der Waals surface area contributed by atoms with Crippen LogP contribution in [0.3, 0.4) is 0 Å². The topological polar surface area (TPSA) is 132 Å². The number of amides is 3. The van der Waals surface area contributed by atoms with E-state index in [0.717, 1.165) is 6.42 Å². The summed E-state index contributed by atoms with van der Waals surface area (Å²) in [5.74, 6) is 1.13. The van der Waals surface area contributed by atoms with E-state index < -0.39 is 17.0 Å². The van der Waals surface area contributed by atoms with Crippen LogP contribution in [0.5, 0.6) is 11.5 Å². The van der Waals surface area contributed by atoms with Gasteiger partial charge >= 0.3 is 6.03 Å². The van der Waals surface area contributed by atoms with Crippen LogP contribution in [0.25, 0.3) is 0 Å². The lowest BCUT2D eigenvalue weighted by atomic mass is 9.98. The number of carbonyl (C=O) groups is 2. The Morgan fingerprint density at radius 2 is 1.62 bits per heavy atom. The number of ether oxygens (including phenoxy) is 2. The van der Waals surface area contributed by atoms with E-state index in [9.17, 15) is 19.7 Å². The molecule has 0 aliphatic carbocycles. The fourth-order valence-electron chi connectivity index (χ4n) is 3.70. The SMILES string of the molecule is COc1ccc(C(=O)NCCCCCC2=C([N+](=O)[O-])C(c3ccc(OC)cc3)NC(=O)N2)cc1. The van der Waals surface area contributed by atoms with Gasteiger partial charge in [-0.1, -0.05) is 18.6 Å². The summed E-state index contributed by atoms with van der Waals surface area (Å²) < 4.78 is 10.2. The van der Waals surface area contributed by atoms with E-state index in [-0.39, 0.29) is 11.6 Å². The number of nitrogens with zero attached hydrogens (tertiary/aromatic N) is 1. The standard InChI is InChI=1S/C24H28N4O6/c1-33-18-11-7-16(8-12-18)21-22(28(31)32)20(26-24(30)27-21)6-4-3-5-15-25-23(29)17-9-13-19(34-2)14-10-17/h7-14,21H,3-6,15H2,1-2H3,(H,25,29)(H2,26,27,30). The number of unbranched alkanes of at least 4 members (excludes halogenated alkanes) is 2. The van der Waals surface area contributed by atoms with Gasteiger partial charge in [0.25, 0.3) is 11.6 Å². The van der Waals surface area contributed by atoms with Gasteiger partial charge in [-0.3, -0.25) is 14.9 Å². The molecule has 0 aromatic heterocycles. The third-order valence-corrected chi connectivity index (χ3v) is 5.51. The minimum absolute atomic E-state index is 0.0717. The first-order valence-corrected chi connectivity index (χ1v) is 10.9. The number of hydrogen-bond donors (Lipinski definition) is 3. The van der Waals surface area contributed by atoms with Gasteiger partial charge in [-0.15, -0.1) is 0 Å². The molecule has 10 nitrogen and oxygen atoms in total. The highest BCUT2D eigenvalue weighted by molar-refractivity contribution is 5.94. The van der Waals surface area contributed by atoms with Crippen LogP contribution < -0.4 is 25.4 Å². The molecule has 1 heterocycles. The highest BCUT2D eigenvalue weighted by Gasteiger charge is 2.36. The van der Waals surface area contributed by atoms with E-state index in [2.05, 4.69) is 16.0 Å². The van der Waals surface area contributed by atoms with Crippen molar-refractivity contribution in [1.82, 2.24) is 16.0 Å². The maximum absolute atomic E-state index is 12.2. The number of carbonyl (C=O) groups excluding carboxylic acids is 2. The first kappa shape index (κ1) is 24.6. The monoisotopic (exact) mass is 468 g/mol. The molecule has 3 amide bonds. The second-order valence-corrected chi connectivity index (χ2v) is 7.72. The van der Waals surface area contributed by atoms with Crippen molar-refractivity contribution >= 4 is 11.9 Å². The Labute approximate surface area is 197 Å². The van der Waals surface area contributed by atoms with Gasteiger partial charge in [-0.05, 0) is 61.2 Å². The molecule has 0 spiro atoms. The summed E-state index contributed by atoms with van der Waals surface area (Å²) in [5.41, 5.74) is 1.37. The first-order valence-electron chi connectivity index (χ1n) is 10.9. The summed E-state index contributed by atoms with van der Waals surface area (Å²) >= 11 is 0. The zero-order chi connectivity index (χ0) is 24.5. The largest absolute Gasteiger partial charge is 0.497 e. The van der Waals surface area contributed by atoms with E-state index in [1.165, 1.54) is 7.11 Å². The number of nitro groups is 1. The third kappa shape index (κ3) is 6.25. The predicted octanol–water partition coefficient (Wildman–Crippen LogP) is 3.54. The smallest absolute Gasteiger partial charge is 0.320 e. The molecule has 2 aromatic rings. The molecule has 2 aromatic carbocycles. The fourth-order valence-corrected chi connectivity index (χ4v) is 3.70. The Morgan fingerprint density at radius 1 is 1.00 bits per heavy atom. The van der Waals surface area contributed by atoms with Crippen molar-refractivity contribution in [2.75, 3.05) is 20.8 Å². The lowest BCUT2D eigenvalue weighted by Crippen LogP contribution is -2.45. The molecule has 3 rings (SSSR count). The van der Waals surface area contributed by atoms with Crippen LogP contribution in [0.2, 0.25) is 0 Å². The molecular weight excluding hydrogens is 440 g/mol. The van der Waals surface area contributed by atoms with Crippen LogP contribution in [0, 0.1) is 10.1 Å². The number of nitrogens with one attached hydrogen (secondary N) is 3. The molecule has 1 aliphatic heterocycles. The molecular formula is C24H28N4O6. The quantitative estimate of drug-likeness (QED) is 0.263. The molecule has 3 N–H and O–H groups in total. The van der Waals surface area contributed by atoms with E-state index in [0.29, 0.717) is 54.1 Å². The Balaban J connectivity index is 1.54. The zero-order valence-corrected chi connectivity index (χ0v) is 19.1. The lowest BCUT2D eigenvalue weighted by molar-refractivity contribution is -0.433. The Hall–Kier alpha value is -4.08. The van der Waals surface area contributed by atoms with Crippen molar-refractivity contribution in [2.24, 2.45) is 0 Å². The van der Waals surface area contributed by atoms with Crippen molar-refractivity contribution in [3.63, 3.8) is 0 Å². The molecule has 0 radical (unpaired) electrons. The van der Waals surface area contributed by atoms with Crippen molar-refractivity contribution in [3.8, 4) is 11.5 Å². The Bertz CT molecular complexity index is 1050. The molecule has 0 bridgehead atoms. The van der Waals surface area contributed by atoms with E-state index >= 15 is 0 Å². The van der Waals surface area contributed by atoms with Crippen LogP contribution in [-0.2, 0) is 0 Å². The predicted molar refractivity (Wildman–Crippen MR) is 125 cm³/mol. The van der Waals surface area contributed by atoms with Crippen molar-refractivity contribution < 1.29 is 24.0 Å². The Morgan fingerprint density at radius 3 is 2.21 bits per heavy atom. The van der Waals surface area contributed by atoms with Gasteiger partial charge in [0.05, 0.1) is 24.8 Å². The van der Waals surface area contributed by atoms with Gasteiger partial charge < -0.3 is 25.4 Å². The van der Waals surface area contributed by atoms with Gasteiger partial charge in [-0.2, -0.15) is 0 Å². The summed E-state index contributed by atoms with van der Waals surface area (Å²) in [6, 6.07) is 12.3.